The van der Waals surface area contributed by atoms with Crippen LogP contribution < -0.4 is 0 Å². The van der Waals surface area contributed by atoms with Gasteiger partial charge in [0, 0.05) is 10.0 Å². The summed E-state index contributed by atoms with van der Waals surface area (Å²) in [4.78, 5) is 3.38. The Kier molecular flexibility index (Phi) is 2.71. The topological polar surface area (TPSA) is 41.6 Å². The molecule has 2 aromatic rings. The summed E-state index contributed by atoms with van der Waals surface area (Å²) in [5.74, 6) is -1.07. The van der Waals surface area contributed by atoms with Gasteiger partial charge in [0.15, 0.2) is 5.82 Å². The molecule has 7 heteroatoms. The third-order valence-electron chi connectivity index (χ3n) is 1.84. The maximum Gasteiger partial charge on any atom is 0.451 e. The lowest BCUT2D eigenvalue weighted by molar-refractivity contribution is -0.144. The minimum absolute atomic E-state index is 0.0219. The van der Waals surface area contributed by atoms with Gasteiger partial charge in [-0.25, -0.2) is 4.98 Å². The number of aromatic amines is 1. The predicted octanol–water partition coefficient (Wildman–Crippen LogP) is 3.25. The zero-order valence-corrected chi connectivity index (χ0v) is 9.30. The standard InChI is InChI=1S/C9H5BrF3N3/c10-6-3-1-2-5(4-6)7-14-8(16-15-7)9(11,12)13/h1-4H,(H,14,15,16). The summed E-state index contributed by atoms with van der Waals surface area (Å²) >= 11 is 3.22. The van der Waals surface area contributed by atoms with Crippen LogP contribution in [-0.4, -0.2) is 15.2 Å². The first-order valence-corrected chi connectivity index (χ1v) is 5.01. The van der Waals surface area contributed by atoms with Crippen molar-refractivity contribution >= 4 is 15.9 Å². The Bertz CT molecular complexity index is 507. The summed E-state index contributed by atoms with van der Waals surface area (Å²) in [7, 11) is 0. The number of hydrogen-bond acceptors (Lipinski definition) is 2. The van der Waals surface area contributed by atoms with Crippen molar-refractivity contribution in [3.05, 3.63) is 34.6 Å². The molecule has 84 valence electrons. The summed E-state index contributed by atoms with van der Waals surface area (Å²) < 4.78 is 37.5. The number of H-pyrrole nitrogens is 1. The highest BCUT2D eigenvalue weighted by atomic mass is 79.9. The van der Waals surface area contributed by atoms with Gasteiger partial charge in [0.1, 0.15) is 0 Å². The highest BCUT2D eigenvalue weighted by molar-refractivity contribution is 9.10. The Labute approximate surface area is 96.8 Å². The van der Waals surface area contributed by atoms with E-state index in [4.69, 9.17) is 0 Å². The van der Waals surface area contributed by atoms with Crippen LogP contribution in [0.3, 0.4) is 0 Å². The van der Waals surface area contributed by atoms with E-state index in [2.05, 4.69) is 26.0 Å². The van der Waals surface area contributed by atoms with Gasteiger partial charge in [0.2, 0.25) is 5.82 Å². The SMILES string of the molecule is FC(F)(F)c1nc(-c2cccc(Br)c2)n[nH]1. The van der Waals surface area contributed by atoms with Crippen molar-refractivity contribution in [1.29, 1.82) is 0 Å². The summed E-state index contributed by atoms with van der Waals surface area (Å²) in [6.07, 6.45) is -4.50. The van der Waals surface area contributed by atoms with Crippen LogP contribution >= 0.6 is 15.9 Å². The van der Waals surface area contributed by atoms with E-state index in [0.29, 0.717) is 5.56 Å². The molecule has 0 aliphatic heterocycles. The minimum atomic E-state index is -4.50. The van der Waals surface area contributed by atoms with Crippen molar-refractivity contribution in [2.24, 2.45) is 0 Å². The molecule has 0 aliphatic carbocycles. The fourth-order valence-corrected chi connectivity index (χ4v) is 1.54. The summed E-state index contributed by atoms with van der Waals surface area (Å²) in [6.45, 7) is 0. The van der Waals surface area contributed by atoms with Crippen LogP contribution in [0, 0.1) is 0 Å². The molecular formula is C9H5BrF3N3. The van der Waals surface area contributed by atoms with Gasteiger partial charge in [-0.1, -0.05) is 28.1 Å². The summed E-state index contributed by atoms with van der Waals surface area (Å²) in [5, 5.41) is 5.38. The molecule has 1 aromatic heterocycles. The zero-order chi connectivity index (χ0) is 11.8. The Balaban J connectivity index is 2.39. The molecule has 0 amide bonds. The third kappa shape index (κ3) is 2.24. The monoisotopic (exact) mass is 291 g/mol. The van der Waals surface area contributed by atoms with Gasteiger partial charge in [0.25, 0.3) is 0 Å². The van der Waals surface area contributed by atoms with E-state index >= 15 is 0 Å². The fraction of sp³-hybridized carbons (Fsp3) is 0.111. The zero-order valence-electron chi connectivity index (χ0n) is 7.72. The summed E-state index contributed by atoms with van der Waals surface area (Å²) in [6, 6.07) is 6.74. The van der Waals surface area contributed by atoms with E-state index in [1.54, 1.807) is 24.3 Å². The Morgan fingerprint density at radius 2 is 2.00 bits per heavy atom. The molecule has 0 atom stereocenters. The molecule has 0 saturated heterocycles. The molecule has 0 spiro atoms. The largest absolute Gasteiger partial charge is 0.451 e. The molecule has 16 heavy (non-hydrogen) atoms. The van der Waals surface area contributed by atoms with Gasteiger partial charge in [-0.2, -0.15) is 18.3 Å². The van der Waals surface area contributed by atoms with Crippen molar-refractivity contribution in [2.75, 3.05) is 0 Å². The molecule has 0 radical (unpaired) electrons. The van der Waals surface area contributed by atoms with Gasteiger partial charge >= 0.3 is 6.18 Å². The second kappa shape index (κ2) is 3.89. The van der Waals surface area contributed by atoms with Crippen LogP contribution in [0.1, 0.15) is 5.82 Å². The van der Waals surface area contributed by atoms with E-state index < -0.39 is 12.0 Å². The third-order valence-corrected chi connectivity index (χ3v) is 2.33. The van der Waals surface area contributed by atoms with Crippen LogP contribution in [0.5, 0.6) is 0 Å². The van der Waals surface area contributed by atoms with Crippen LogP contribution in [0.2, 0.25) is 0 Å². The number of aromatic nitrogens is 3. The second-order valence-corrected chi connectivity index (χ2v) is 3.93. The van der Waals surface area contributed by atoms with E-state index in [9.17, 15) is 13.2 Å². The van der Waals surface area contributed by atoms with Gasteiger partial charge in [-0.3, -0.25) is 5.10 Å². The molecular weight excluding hydrogens is 287 g/mol. The molecule has 0 bridgehead atoms. The van der Waals surface area contributed by atoms with Crippen molar-refractivity contribution < 1.29 is 13.2 Å². The maximum atomic E-state index is 12.3. The predicted molar refractivity (Wildman–Crippen MR) is 54.5 cm³/mol. The summed E-state index contributed by atoms with van der Waals surface area (Å²) in [5.41, 5.74) is 0.515. The van der Waals surface area contributed by atoms with E-state index in [1.807, 2.05) is 5.10 Å². The second-order valence-electron chi connectivity index (χ2n) is 3.02. The van der Waals surface area contributed by atoms with Crippen LogP contribution in [0.15, 0.2) is 28.7 Å². The first-order chi connectivity index (χ1) is 7.47. The van der Waals surface area contributed by atoms with Crippen LogP contribution in [0.4, 0.5) is 13.2 Å². The molecule has 0 saturated carbocycles. The highest BCUT2D eigenvalue weighted by Crippen LogP contribution is 2.28. The van der Waals surface area contributed by atoms with Crippen LogP contribution in [-0.2, 0) is 6.18 Å². The highest BCUT2D eigenvalue weighted by Gasteiger charge is 2.35. The Hall–Kier alpha value is -1.37. The molecule has 1 heterocycles. The smallest absolute Gasteiger partial charge is 0.255 e. The Morgan fingerprint density at radius 3 is 2.56 bits per heavy atom. The average molecular weight is 292 g/mol. The molecule has 0 fully saturated rings. The lowest BCUT2D eigenvalue weighted by Gasteiger charge is -1.98. The van der Waals surface area contributed by atoms with Gasteiger partial charge in [-0.05, 0) is 12.1 Å². The number of benzene rings is 1. The Morgan fingerprint density at radius 1 is 1.25 bits per heavy atom. The maximum absolute atomic E-state index is 12.3. The van der Waals surface area contributed by atoms with Gasteiger partial charge in [-0.15, -0.1) is 0 Å². The number of nitrogens with zero attached hydrogens (tertiary/aromatic N) is 2. The number of alkyl halides is 3. The lowest BCUT2D eigenvalue weighted by Crippen LogP contribution is -2.07. The van der Waals surface area contributed by atoms with E-state index in [-0.39, 0.29) is 5.82 Å². The fourth-order valence-electron chi connectivity index (χ4n) is 1.15. The number of halogens is 4. The van der Waals surface area contributed by atoms with E-state index in [1.165, 1.54) is 0 Å². The van der Waals surface area contributed by atoms with Crippen molar-refractivity contribution in [2.45, 2.75) is 6.18 Å². The molecule has 0 aliphatic rings. The number of rotatable bonds is 1. The normalized spacial score (nSPS) is 11.8. The lowest BCUT2D eigenvalue weighted by atomic mass is 10.2. The molecule has 1 aromatic carbocycles. The molecule has 1 N–H and O–H groups in total. The number of hydrogen-bond donors (Lipinski definition) is 1. The number of nitrogens with one attached hydrogen (secondary N) is 1. The molecule has 0 unspecified atom stereocenters. The quantitative estimate of drug-likeness (QED) is 0.876. The van der Waals surface area contributed by atoms with E-state index in [0.717, 1.165) is 4.47 Å². The van der Waals surface area contributed by atoms with Crippen molar-refractivity contribution in [3.63, 3.8) is 0 Å². The first-order valence-electron chi connectivity index (χ1n) is 4.22. The van der Waals surface area contributed by atoms with Crippen LogP contribution in [0.25, 0.3) is 11.4 Å². The minimum Gasteiger partial charge on any atom is -0.255 e. The first kappa shape index (κ1) is 11.1. The molecule has 2 rings (SSSR count). The average Bonchev–Trinajstić information content (AvgIpc) is 2.65. The van der Waals surface area contributed by atoms with Gasteiger partial charge < -0.3 is 0 Å². The van der Waals surface area contributed by atoms with Gasteiger partial charge in [0.05, 0.1) is 0 Å². The molecule has 3 nitrogen and oxygen atoms in total. The van der Waals surface area contributed by atoms with Crippen molar-refractivity contribution in [1.82, 2.24) is 15.2 Å². The van der Waals surface area contributed by atoms with Crippen molar-refractivity contribution in [3.8, 4) is 11.4 Å².